The number of hydrogen-bond acceptors (Lipinski definition) is 7. The maximum atomic E-state index is 6.03. The number of aromatic nitrogens is 4. The van der Waals surface area contributed by atoms with Crippen molar-refractivity contribution >= 4 is 23.2 Å². The number of nitrogens with one attached hydrogen (secondary N) is 1. The number of rotatable bonds is 6. The van der Waals surface area contributed by atoms with E-state index in [1.807, 2.05) is 24.3 Å². The van der Waals surface area contributed by atoms with E-state index in [0.29, 0.717) is 34.5 Å². The van der Waals surface area contributed by atoms with Crippen LogP contribution in [0.3, 0.4) is 0 Å². The van der Waals surface area contributed by atoms with Crippen molar-refractivity contribution in [2.45, 2.75) is 13.0 Å². The molecular formula is C21H21ClN6O2. The summed E-state index contributed by atoms with van der Waals surface area (Å²) in [6.07, 6.45) is 1.77. The molecule has 6 rings (SSSR count). The first-order valence-corrected chi connectivity index (χ1v) is 10.0. The Morgan fingerprint density at radius 3 is 2.90 bits per heavy atom. The molecule has 1 aromatic carbocycles. The van der Waals surface area contributed by atoms with E-state index in [2.05, 4.69) is 32.2 Å². The van der Waals surface area contributed by atoms with E-state index in [1.54, 1.807) is 37.2 Å². The Morgan fingerprint density at radius 1 is 1.23 bits per heavy atom. The fourth-order valence-corrected chi connectivity index (χ4v) is 4.27. The molecule has 30 heavy (non-hydrogen) atoms. The number of ether oxygens (including phenoxy) is 2. The molecule has 3 aromatic rings. The van der Waals surface area contributed by atoms with E-state index < -0.39 is 0 Å². The van der Waals surface area contributed by atoms with Crippen LogP contribution in [0.1, 0.15) is 6.92 Å². The number of methoxy groups -OCH3 is 1. The van der Waals surface area contributed by atoms with Gasteiger partial charge in [-0.05, 0) is 36.8 Å². The lowest BCUT2D eigenvalue weighted by atomic mass is 9.82. The van der Waals surface area contributed by atoms with E-state index in [-0.39, 0.29) is 6.04 Å². The van der Waals surface area contributed by atoms with Crippen molar-refractivity contribution in [3.63, 3.8) is 0 Å². The van der Waals surface area contributed by atoms with E-state index in [0.717, 1.165) is 12.2 Å². The molecule has 1 aliphatic carbocycles. The molecule has 2 aromatic heterocycles. The number of halogens is 1. The molecule has 0 amide bonds. The number of hydrogen-bond donors (Lipinski definition) is 1. The molecule has 2 atom stereocenters. The van der Waals surface area contributed by atoms with Crippen LogP contribution in [-0.2, 0) is 7.05 Å². The first-order valence-electron chi connectivity index (χ1n) is 9.62. The highest BCUT2D eigenvalue weighted by Gasteiger charge is 2.49. The molecule has 4 heterocycles. The van der Waals surface area contributed by atoms with Gasteiger partial charge >= 0.3 is 6.01 Å². The average molecular weight is 425 g/mol. The monoisotopic (exact) mass is 424 g/mol. The third kappa shape index (κ3) is 3.13. The van der Waals surface area contributed by atoms with Crippen molar-refractivity contribution in [2.24, 2.45) is 13.0 Å². The van der Waals surface area contributed by atoms with Gasteiger partial charge in [-0.1, -0.05) is 17.7 Å². The maximum Gasteiger partial charge on any atom is 0.321 e. The summed E-state index contributed by atoms with van der Waals surface area (Å²) in [6, 6.07) is 11.7. The fraction of sp³-hybridized carbons (Fsp3) is 0.286. The van der Waals surface area contributed by atoms with Crippen LogP contribution >= 0.6 is 11.6 Å². The number of aryl methyl sites for hydroxylation is 1. The molecule has 0 saturated carbocycles. The van der Waals surface area contributed by atoms with Crippen molar-refractivity contribution in [3.05, 3.63) is 58.9 Å². The number of pyridine rings is 1. The summed E-state index contributed by atoms with van der Waals surface area (Å²) in [7, 11) is 3.42. The molecule has 1 fully saturated rings. The van der Waals surface area contributed by atoms with Crippen LogP contribution < -0.4 is 19.7 Å². The van der Waals surface area contributed by atoms with Crippen molar-refractivity contribution in [2.75, 3.05) is 23.9 Å². The topological polar surface area (TPSA) is 77.3 Å². The van der Waals surface area contributed by atoms with Gasteiger partial charge in [0, 0.05) is 48.2 Å². The predicted molar refractivity (Wildman–Crippen MR) is 114 cm³/mol. The highest BCUT2D eigenvalue weighted by Crippen LogP contribution is 2.48. The SMILES string of the molecule is COc1cc(N2CC3C(C)=C2C3Nc2nc(Oc3cccc(Cl)c3)n(C)n2)ccn1. The van der Waals surface area contributed by atoms with Crippen LogP contribution in [-0.4, -0.2) is 39.4 Å². The summed E-state index contributed by atoms with van der Waals surface area (Å²) in [4.78, 5) is 11.0. The molecule has 154 valence electrons. The first kappa shape index (κ1) is 18.7. The van der Waals surface area contributed by atoms with E-state index >= 15 is 0 Å². The number of nitrogens with zero attached hydrogens (tertiary/aromatic N) is 5. The molecule has 1 N–H and O–H groups in total. The largest absolute Gasteiger partial charge is 0.481 e. The second-order valence-electron chi connectivity index (χ2n) is 7.36. The summed E-state index contributed by atoms with van der Waals surface area (Å²) in [5.41, 5.74) is 3.70. The average Bonchev–Trinajstić information content (AvgIpc) is 3.40. The van der Waals surface area contributed by atoms with Crippen LogP contribution in [0.2, 0.25) is 5.02 Å². The Bertz CT molecular complexity index is 1140. The molecule has 2 unspecified atom stereocenters. The second-order valence-corrected chi connectivity index (χ2v) is 7.80. The molecule has 9 heteroatoms. The number of benzene rings is 1. The Labute approximate surface area is 179 Å². The maximum absolute atomic E-state index is 6.03. The quantitative estimate of drug-likeness (QED) is 0.643. The molecule has 1 saturated heterocycles. The van der Waals surface area contributed by atoms with Gasteiger partial charge < -0.3 is 19.7 Å². The number of fused-ring (bicyclic) bond motifs is 1. The minimum absolute atomic E-state index is 0.158. The normalized spacial score (nSPS) is 19.7. The number of anilines is 2. The van der Waals surface area contributed by atoms with Crippen molar-refractivity contribution in [1.29, 1.82) is 0 Å². The predicted octanol–water partition coefficient (Wildman–Crippen LogP) is 3.87. The molecule has 3 aliphatic rings. The smallest absolute Gasteiger partial charge is 0.321 e. The molecule has 0 spiro atoms. The van der Waals surface area contributed by atoms with Gasteiger partial charge in [0.1, 0.15) is 5.75 Å². The van der Waals surface area contributed by atoms with Gasteiger partial charge in [0.2, 0.25) is 11.8 Å². The minimum atomic E-state index is 0.158. The van der Waals surface area contributed by atoms with E-state index in [4.69, 9.17) is 21.1 Å². The molecule has 2 aliphatic heterocycles. The zero-order chi connectivity index (χ0) is 20.8. The Morgan fingerprint density at radius 2 is 2.10 bits per heavy atom. The molecule has 0 radical (unpaired) electrons. The highest BCUT2D eigenvalue weighted by atomic mass is 35.5. The summed E-state index contributed by atoms with van der Waals surface area (Å²) in [6.45, 7) is 3.08. The van der Waals surface area contributed by atoms with Crippen molar-refractivity contribution in [1.82, 2.24) is 19.7 Å². The van der Waals surface area contributed by atoms with Crippen LogP contribution in [0.4, 0.5) is 11.6 Å². The zero-order valence-corrected chi connectivity index (χ0v) is 17.6. The fourth-order valence-electron chi connectivity index (χ4n) is 4.08. The van der Waals surface area contributed by atoms with E-state index in [9.17, 15) is 0 Å². The lowest BCUT2D eigenvalue weighted by Crippen LogP contribution is -2.37. The van der Waals surface area contributed by atoms with Gasteiger partial charge in [-0.3, -0.25) is 0 Å². The van der Waals surface area contributed by atoms with Crippen molar-refractivity contribution < 1.29 is 9.47 Å². The Kier molecular flexibility index (Phi) is 4.51. The van der Waals surface area contributed by atoms with Gasteiger partial charge in [0.25, 0.3) is 0 Å². The van der Waals surface area contributed by atoms with Gasteiger partial charge in [-0.2, -0.15) is 4.98 Å². The second kappa shape index (κ2) is 7.21. The van der Waals surface area contributed by atoms with Gasteiger partial charge in [0.15, 0.2) is 0 Å². The summed E-state index contributed by atoms with van der Waals surface area (Å²) in [5, 5.41) is 8.53. The zero-order valence-electron chi connectivity index (χ0n) is 16.8. The van der Waals surface area contributed by atoms with Gasteiger partial charge in [-0.15, -0.1) is 5.10 Å². The third-order valence-corrected chi connectivity index (χ3v) is 5.81. The third-order valence-electron chi connectivity index (χ3n) is 5.58. The molecular weight excluding hydrogens is 404 g/mol. The highest BCUT2D eigenvalue weighted by molar-refractivity contribution is 6.30. The van der Waals surface area contributed by atoms with Crippen LogP contribution in [0.25, 0.3) is 0 Å². The molecule has 8 nitrogen and oxygen atoms in total. The summed E-state index contributed by atoms with van der Waals surface area (Å²) in [5.74, 6) is 2.15. The lowest BCUT2D eigenvalue weighted by molar-refractivity contribution is 0.398. The Balaban J connectivity index is 1.33. The van der Waals surface area contributed by atoms with Gasteiger partial charge in [-0.25, -0.2) is 9.67 Å². The van der Waals surface area contributed by atoms with Crippen LogP contribution in [0.15, 0.2) is 53.9 Å². The van der Waals surface area contributed by atoms with Gasteiger partial charge in [0.05, 0.1) is 13.2 Å². The molecule has 2 bridgehead atoms. The van der Waals surface area contributed by atoms with Crippen LogP contribution in [0, 0.1) is 5.92 Å². The Hall–Kier alpha value is -3.26. The van der Waals surface area contributed by atoms with E-state index in [1.165, 1.54) is 11.3 Å². The minimum Gasteiger partial charge on any atom is -0.481 e. The summed E-state index contributed by atoms with van der Waals surface area (Å²) >= 11 is 6.03. The first-order chi connectivity index (χ1) is 14.5. The summed E-state index contributed by atoms with van der Waals surface area (Å²) < 4.78 is 12.7. The lowest BCUT2D eigenvalue weighted by Gasteiger charge is -2.32. The van der Waals surface area contributed by atoms with Crippen molar-refractivity contribution in [3.8, 4) is 17.6 Å². The standard InChI is InChI=1S/C21H21ClN6O2/c1-12-16-11-28(14-7-8-23-17(10-14)29-3)19(12)18(16)24-20-25-21(27(2)26-20)30-15-6-4-5-13(22)9-15/h4-10,16,18H,11H2,1-3H3,(H,24,26). The van der Waals surface area contributed by atoms with Crippen LogP contribution in [0.5, 0.6) is 17.6 Å².